The quantitative estimate of drug-likeness (QED) is 0.932. The van der Waals surface area contributed by atoms with Crippen LogP contribution in [0.1, 0.15) is 36.2 Å². The van der Waals surface area contributed by atoms with Crippen molar-refractivity contribution in [1.82, 2.24) is 14.8 Å². The van der Waals surface area contributed by atoms with Gasteiger partial charge >= 0.3 is 0 Å². The highest BCUT2D eigenvalue weighted by Gasteiger charge is 2.37. The topological polar surface area (TPSA) is 54.3 Å². The van der Waals surface area contributed by atoms with Crippen LogP contribution in [0.25, 0.3) is 11.3 Å². The van der Waals surface area contributed by atoms with Crippen molar-refractivity contribution in [2.45, 2.75) is 37.8 Å². The number of hydrogen-bond donors (Lipinski definition) is 1. The number of carbonyl (C=O) groups is 2. The molecule has 5 heteroatoms. The van der Waals surface area contributed by atoms with Gasteiger partial charge in [0.2, 0.25) is 5.91 Å². The molecule has 0 bridgehead atoms. The maximum atomic E-state index is 13.1. The first kappa shape index (κ1) is 15.9. The summed E-state index contributed by atoms with van der Waals surface area (Å²) in [7, 11) is 1.91. The number of rotatable bonds is 4. The van der Waals surface area contributed by atoms with Gasteiger partial charge in [-0.2, -0.15) is 0 Å². The van der Waals surface area contributed by atoms with Crippen molar-refractivity contribution in [2.75, 3.05) is 6.54 Å². The first-order valence-electron chi connectivity index (χ1n) is 8.97. The van der Waals surface area contributed by atoms with Gasteiger partial charge in [-0.3, -0.25) is 9.59 Å². The molecule has 0 spiro atoms. The minimum atomic E-state index is -0.330. The smallest absolute Gasteiger partial charge is 0.271 e. The summed E-state index contributed by atoms with van der Waals surface area (Å²) in [6, 6.07) is 13.8. The number of amides is 2. The van der Waals surface area contributed by atoms with Gasteiger partial charge in [0.25, 0.3) is 5.91 Å². The molecule has 1 saturated carbocycles. The molecule has 2 aromatic rings. The number of nitrogens with one attached hydrogen (secondary N) is 1. The monoisotopic (exact) mass is 337 g/mol. The van der Waals surface area contributed by atoms with E-state index in [0.29, 0.717) is 18.3 Å². The van der Waals surface area contributed by atoms with E-state index in [4.69, 9.17) is 0 Å². The Labute approximate surface area is 147 Å². The third kappa shape index (κ3) is 3.06. The van der Waals surface area contributed by atoms with E-state index in [1.807, 2.05) is 54.1 Å². The average Bonchev–Trinajstić information content (AvgIpc) is 3.16. The molecule has 1 saturated heterocycles. The Morgan fingerprint density at radius 1 is 1.04 bits per heavy atom. The Kier molecular flexibility index (Phi) is 4.07. The van der Waals surface area contributed by atoms with E-state index >= 15 is 0 Å². The predicted octanol–water partition coefficient (Wildman–Crippen LogP) is 2.58. The van der Waals surface area contributed by atoms with Gasteiger partial charge in [0, 0.05) is 25.3 Å². The van der Waals surface area contributed by atoms with Crippen LogP contribution in [0.4, 0.5) is 0 Å². The van der Waals surface area contributed by atoms with Crippen molar-refractivity contribution < 1.29 is 9.59 Å². The van der Waals surface area contributed by atoms with Crippen molar-refractivity contribution in [3.8, 4) is 11.3 Å². The third-order valence-corrected chi connectivity index (χ3v) is 5.15. The van der Waals surface area contributed by atoms with Gasteiger partial charge in [-0.1, -0.05) is 30.3 Å². The summed E-state index contributed by atoms with van der Waals surface area (Å²) in [6.07, 6.45) is 3.75. The molecule has 1 aliphatic heterocycles. The molecule has 2 aliphatic rings. The molecule has 1 unspecified atom stereocenters. The van der Waals surface area contributed by atoms with Crippen LogP contribution in [-0.2, 0) is 11.8 Å². The summed E-state index contributed by atoms with van der Waals surface area (Å²) in [5.41, 5.74) is 2.71. The largest absolute Gasteiger partial charge is 0.352 e. The Hall–Kier alpha value is -2.56. The first-order chi connectivity index (χ1) is 12.1. The van der Waals surface area contributed by atoms with E-state index in [2.05, 4.69) is 5.32 Å². The number of carbonyl (C=O) groups excluding carboxylic acids is 2. The molecule has 1 atom stereocenters. The zero-order chi connectivity index (χ0) is 17.4. The molecule has 2 fully saturated rings. The lowest BCUT2D eigenvalue weighted by Crippen LogP contribution is -2.46. The average molecular weight is 337 g/mol. The molecular formula is C20H23N3O2. The molecule has 130 valence electrons. The molecule has 0 radical (unpaired) electrons. The van der Waals surface area contributed by atoms with Gasteiger partial charge in [0.05, 0.1) is 0 Å². The lowest BCUT2D eigenvalue weighted by Gasteiger charge is -2.24. The Morgan fingerprint density at radius 2 is 1.80 bits per heavy atom. The van der Waals surface area contributed by atoms with Gasteiger partial charge in [-0.05, 0) is 43.4 Å². The first-order valence-corrected chi connectivity index (χ1v) is 8.97. The number of nitrogens with zero attached hydrogens (tertiary/aromatic N) is 2. The molecule has 1 aromatic heterocycles. The van der Waals surface area contributed by atoms with Gasteiger partial charge in [0.1, 0.15) is 11.7 Å². The summed E-state index contributed by atoms with van der Waals surface area (Å²) in [5, 5.41) is 3.04. The molecule has 25 heavy (non-hydrogen) atoms. The lowest BCUT2D eigenvalue weighted by molar-refractivity contribution is -0.125. The molecule has 1 aliphatic carbocycles. The Balaban J connectivity index is 1.56. The molecule has 2 heterocycles. The second kappa shape index (κ2) is 6.39. The van der Waals surface area contributed by atoms with E-state index in [9.17, 15) is 9.59 Å². The summed E-state index contributed by atoms with van der Waals surface area (Å²) in [5.74, 6) is -0.0519. The molecule has 2 amide bonds. The zero-order valence-corrected chi connectivity index (χ0v) is 14.4. The molecule has 4 rings (SSSR count). The number of likely N-dealkylation sites (tertiary alicyclic amines) is 1. The highest BCUT2D eigenvalue weighted by atomic mass is 16.2. The van der Waals surface area contributed by atoms with E-state index in [1.165, 1.54) is 0 Å². The Bertz CT molecular complexity index is 793. The van der Waals surface area contributed by atoms with E-state index < -0.39 is 0 Å². The van der Waals surface area contributed by atoms with E-state index in [1.54, 1.807) is 4.90 Å². The maximum Gasteiger partial charge on any atom is 0.271 e. The van der Waals surface area contributed by atoms with Crippen LogP contribution in [0.2, 0.25) is 0 Å². The number of aromatic nitrogens is 1. The predicted molar refractivity (Wildman–Crippen MR) is 96.1 cm³/mol. The molecular weight excluding hydrogens is 314 g/mol. The summed E-state index contributed by atoms with van der Waals surface area (Å²) in [4.78, 5) is 27.2. The Morgan fingerprint density at radius 3 is 2.52 bits per heavy atom. The van der Waals surface area contributed by atoms with Crippen molar-refractivity contribution in [3.63, 3.8) is 0 Å². The maximum absolute atomic E-state index is 13.1. The van der Waals surface area contributed by atoms with Gasteiger partial charge in [0.15, 0.2) is 0 Å². The fourth-order valence-electron chi connectivity index (χ4n) is 3.58. The van der Waals surface area contributed by atoms with Crippen molar-refractivity contribution >= 4 is 11.8 Å². The summed E-state index contributed by atoms with van der Waals surface area (Å²) < 4.78 is 1.92. The molecule has 1 aromatic carbocycles. The van der Waals surface area contributed by atoms with Crippen LogP contribution < -0.4 is 5.32 Å². The number of benzene rings is 1. The molecule has 5 nitrogen and oxygen atoms in total. The van der Waals surface area contributed by atoms with Gasteiger partial charge in [-0.25, -0.2) is 0 Å². The van der Waals surface area contributed by atoms with Crippen molar-refractivity contribution in [2.24, 2.45) is 7.05 Å². The summed E-state index contributed by atoms with van der Waals surface area (Å²) in [6.45, 7) is 0.646. The zero-order valence-electron chi connectivity index (χ0n) is 14.4. The second-order valence-corrected chi connectivity index (χ2v) is 6.97. The van der Waals surface area contributed by atoms with Crippen LogP contribution in [-0.4, -0.2) is 39.9 Å². The molecule has 1 N–H and O–H groups in total. The van der Waals surface area contributed by atoms with Crippen LogP contribution in [0.3, 0.4) is 0 Å². The standard InChI is InChI=1S/C20H23N3O2/c1-22-16(14-6-3-2-4-7-14)11-12-18(22)20(25)23-13-5-8-17(23)19(24)21-15-9-10-15/h2-4,6-7,11-12,15,17H,5,8-10,13H2,1H3,(H,21,24). The van der Waals surface area contributed by atoms with Gasteiger partial charge in [-0.15, -0.1) is 0 Å². The fourth-order valence-corrected chi connectivity index (χ4v) is 3.58. The normalized spacial score (nSPS) is 19.9. The summed E-state index contributed by atoms with van der Waals surface area (Å²) >= 11 is 0. The highest BCUT2D eigenvalue weighted by Crippen LogP contribution is 2.26. The number of hydrogen-bond acceptors (Lipinski definition) is 2. The van der Waals surface area contributed by atoms with Crippen molar-refractivity contribution in [3.05, 3.63) is 48.2 Å². The minimum absolute atomic E-state index is 0.00541. The van der Waals surface area contributed by atoms with E-state index in [-0.39, 0.29) is 17.9 Å². The fraction of sp³-hybridized carbons (Fsp3) is 0.400. The van der Waals surface area contributed by atoms with Crippen LogP contribution in [0, 0.1) is 0 Å². The SMILES string of the molecule is Cn1c(C(=O)N2CCCC2C(=O)NC2CC2)ccc1-c1ccccc1. The second-order valence-electron chi connectivity index (χ2n) is 6.97. The lowest BCUT2D eigenvalue weighted by atomic mass is 10.2. The van der Waals surface area contributed by atoms with Crippen LogP contribution in [0.5, 0.6) is 0 Å². The minimum Gasteiger partial charge on any atom is -0.352 e. The third-order valence-electron chi connectivity index (χ3n) is 5.15. The van der Waals surface area contributed by atoms with E-state index in [0.717, 1.165) is 36.9 Å². The van der Waals surface area contributed by atoms with Crippen molar-refractivity contribution in [1.29, 1.82) is 0 Å². The van der Waals surface area contributed by atoms with Crippen LogP contribution in [0.15, 0.2) is 42.5 Å². The van der Waals surface area contributed by atoms with Crippen LogP contribution >= 0.6 is 0 Å². The van der Waals surface area contributed by atoms with Gasteiger partial charge < -0.3 is 14.8 Å². The highest BCUT2D eigenvalue weighted by molar-refractivity contribution is 5.97.